The highest BCUT2D eigenvalue weighted by Gasteiger charge is 2.18. The molecule has 18 heavy (non-hydrogen) atoms. The predicted molar refractivity (Wildman–Crippen MR) is 61.8 cm³/mol. The van der Waals surface area contributed by atoms with Crippen molar-refractivity contribution in [1.29, 1.82) is 5.26 Å². The van der Waals surface area contributed by atoms with E-state index in [0.717, 1.165) is 0 Å². The lowest BCUT2D eigenvalue weighted by molar-refractivity contribution is 0.0529. The third-order valence-corrected chi connectivity index (χ3v) is 2.65. The topological polar surface area (TPSA) is 117 Å². The van der Waals surface area contributed by atoms with Crippen LogP contribution in [0.15, 0.2) is 24.3 Å². The molecule has 1 aromatic carbocycles. The van der Waals surface area contributed by atoms with Gasteiger partial charge in [-0.25, -0.2) is 4.79 Å². The quantitative estimate of drug-likeness (QED) is 0.597. The number of benzene rings is 1. The lowest BCUT2D eigenvalue weighted by atomic mass is 10.0. The Morgan fingerprint density at radius 1 is 1.33 bits per heavy atom. The van der Waals surface area contributed by atoms with Crippen molar-refractivity contribution < 1.29 is 20.1 Å². The summed E-state index contributed by atoms with van der Waals surface area (Å²) in [5, 5.41) is 36.9. The molecule has 2 unspecified atom stereocenters. The number of aromatic amines is 1. The average Bonchev–Trinajstić information content (AvgIpc) is 2.79. The third-order valence-electron chi connectivity index (χ3n) is 2.65. The van der Waals surface area contributed by atoms with E-state index in [1.807, 2.05) is 0 Å². The van der Waals surface area contributed by atoms with Gasteiger partial charge >= 0.3 is 5.97 Å². The zero-order valence-corrected chi connectivity index (χ0v) is 9.16. The molecule has 2 rings (SSSR count). The fourth-order valence-electron chi connectivity index (χ4n) is 1.70. The molecule has 0 spiro atoms. The molecular weight excluding hydrogens is 236 g/mol. The van der Waals surface area contributed by atoms with E-state index in [1.54, 1.807) is 6.07 Å². The van der Waals surface area contributed by atoms with Gasteiger partial charge in [0.1, 0.15) is 11.8 Å². The van der Waals surface area contributed by atoms with Crippen LogP contribution in [0.5, 0.6) is 0 Å². The minimum Gasteiger partial charge on any atom is -0.477 e. The molecule has 0 radical (unpaired) electrons. The van der Waals surface area contributed by atoms with Gasteiger partial charge in [0.15, 0.2) is 6.10 Å². The van der Waals surface area contributed by atoms with Gasteiger partial charge in [-0.05, 0) is 17.7 Å². The summed E-state index contributed by atoms with van der Waals surface area (Å²) in [4.78, 5) is 13.5. The summed E-state index contributed by atoms with van der Waals surface area (Å²) in [6, 6.07) is 7.66. The molecule has 92 valence electrons. The fourth-order valence-corrected chi connectivity index (χ4v) is 1.70. The van der Waals surface area contributed by atoms with Crippen LogP contribution in [-0.4, -0.2) is 32.4 Å². The molecule has 6 heteroatoms. The number of hydrogen-bond acceptors (Lipinski definition) is 4. The van der Waals surface area contributed by atoms with Gasteiger partial charge < -0.3 is 20.3 Å². The van der Waals surface area contributed by atoms with Crippen LogP contribution in [0.2, 0.25) is 0 Å². The molecule has 2 aromatic rings. The van der Waals surface area contributed by atoms with Crippen LogP contribution >= 0.6 is 0 Å². The summed E-state index contributed by atoms with van der Waals surface area (Å²) in [6.07, 6.45) is -2.84. The van der Waals surface area contributed by atoms with Gasteiger partial charge in [0, 0.05) is 10.9 Å². The van der Waals surface area contributed by atoms with Gasteiger partial charge in [-0.3, -0.25) is 0 Å². The van der Waals surface area contributed by atoms with Crippen molar-refractivity contribution >= 4 is 16.9 Å². The molecule has 0 fully saturated rings. The van der Waals surface area contributed by atoms with Gasteiger partial charge in [-0.2, -0.15) is 5.26 Å². The average molecular weight is 246 g/mol. The number of nitrogens with zero attached hydrogens (tertiary/aromatic N) is 1. The number of H-pyrrole nitrogens is 1. The maximum Gasteiger partial charge on any atom is 0.352 e. The molecule has 1 aromatic heterocycles. The number of aliphatic hydroxyl groups excluding tert-OH is 2. The largest absolute Gasteiger partial charge is 0.477 e. The lowest BCUT2D eigenvalue weighted by Crippen LogP contribution is -2.15. The lowest BCUT2D eigenvalue weighted by Gasteiger charge is -2.11. The zero-order valence-electron chi connectivity index (χ0n) is 9.16. The molecule has 0 bridgehead atoms. The standard InChI is InChI=1S/C12H10N2O4/c13-5-10(15)11(16)7-2-1-6-3-9(12(17)18)14-8(6)4-7/h1-4,10-11,14-16H,(H,17,18). The van der Waals surface area contributed by atoms with Crippen LogP contribution in [0.3, 0.4) is 0 Å². The molecule has 0 saturated heterocycles. The summed E-state index contributed by atoms with van der Waals surface area (Å²) < 4.78 is 0. The fraction of sp³-hybridized carbons (Fsp3) is 0.167. The van der Waals surface area contributed by atoms with E-state index in [1.165, 1.54) is 24.3 Å². The Bertz CT molecular complexity index is 641. The highest BCUT2D eigenvalue weighted by molar-refractivity contribution is 5.93. The highest BCUT2D eigenvalue weighted by Crippen LogP contribution is 2.23. The number of nitrogens with one attached hydrogen (secondary N) is 1. The number of carboxylic acid groups (broad SMARTS) is 1. The van der Waals surface area contributed by atoms with Crippen molar-refractivity contribution in [1.82, 2.24) is 4.98 Å². The SMILES string of the molecule is N#CC(O)C(O)c1ccc2cc(C(=O)O)[nH]c2c1. The Balaban J connectivity index is 2.44. The second-order valence-electron chi connectivity index (χ2n) is 3.85. The summed E-state index contributed by atoms with van der Waals surface area (Å²) in [5.41, 5.74) is 0.905. The monoisotopic (exact) mass is 246 g/mol. The third kappa shape index (κ3) is 2.05. The first-order valence-corrected chi connectivity index (χ1v) is 5.14. The van der Waals surface area contributed by atoms with Crippen LogP contribution in [0.4, 0.5) is 0 Å². The maximum absolute atomic E-state index is 10.8. The number of fused-ring (bicyclic) bond motifs is 1. The first kappa shape index (κ1) is 12.1. The maximum atomic E-state index is 10.8. The number of nitriles is 1. The first-order valence-electron chi connectivity index (χ1n) is 5.14. The number of carboxylic acids is 1. The molecule has 4 N–H and O–H groups in total. The summed E-state index contributed by atoms with van der Waals surface area (Å²) in [6.45, 7) is 0. The minimum atomic E-state index is -1.52. The van der Waals surface area contributed by atoms with E-state index in [0.29, 0.717) is 16.5 Å². The molecule has 6 nitrogen and oxygen atoms in total. The first-order chi connectivity index (χ1) is 8.52. The summed E-state index contributed by atoms with van der Waals surface area (Å²) in [5.74, 6) is -1.08. The second-order valence-corrected chi connectivity index (χ2v) is 3.85. The van der Waals surface area contributed by atoms with E-state index in [2.05, 4.69) is 4.98 Å². The zero-order chi connectivity index (χ0) is 13.3. The van der Waals surface area contributed by atoms with Crippen molar-refractivity contribution in [3.05, 3.63) is 35.5 Å². The molecular formula is C12H10N2O4. The van der Waals surface area contributed by atoms with E-state index in [9.17, 15) is 15.0 Å². The van der Waals surface area contributed by atoms with Gasteiger partial charge in [0.2, 0.25) is 0 Å². The molecule has 0 aliphatic carbocycles. The number of aromatic carboxylic acids is 1. The van der Waals surface area contributed by atoms with Crippen LogP contribution in [0.1, 0.15) is 22.2 Å². The van der Waals surface area contributed by atoms with Gasteiger partial charge in [-0.1, -0.05) is 12.1 Å². The number of hydrogen-bond donors (Lipinski definition) is 4. The van der Waals surface area contributed by atoms with Crippen molar-refractivity contribution in [2.75, 3.05) is 0 Å². The predicted octanol–water partition coefficient (Wildman–Crippen LogP) is 0.784. The normalized spacial score (nSPS) is 14.1. The van der Waals surface area contributed by atoms with Gasteiger partial charge in [0.25, 0.3) is 0 Å². The Hall–Kier alpha value is -2.36. The van der Waals surface area contributed by atoms with E-state index < -0.39 is 18.2 Å². The van der Waals surface area contributed by atoms with E-state index in [4.69, 9.17) is 10.4 Å². The number of aliphatic hydroxyl groups is 2. The molecule has 0 aliphatic heterocycles. The van der Waals surface area contributed by atoms with Crippen LogP contribution < -0.4 is 0 Å². The smallest absolute Gasteiger partial charge is 0.352 e. The minimum absolute atomic E-state index is 0.0393. The Morgan fingerprint density at radius 3 is 2.67 bits per heavy atom. The summed E-state index contributed by atoms with van der Waals surface area (Å²) >= 11 is 0. The Morgan fingerprint density at radius 2 is 2.06 bits per heavy atom. The number of carbonyl (C=O) groups is 1. The molecule has 0 saturated carbocycles. The number of aromatic nitrogens is 1. The van der Waals surface area contributed by atoms with E-state index >= 15 is 0 Å². The molecule has 1 heterocycles. The highest BCUT2D eigenvalue weighted by atomic mass is 16.4. The van der Waals surface area contributed by atoms with Crippen molar-refractivity contribution in [2.45, 2.75) is 12.2 Å². The van der Waals surface area contributed by atoms with Crippen LogP contribution in [0, 0.1) is 11.3 Å². The van der Waals surface area contributed by atoms with Crippen molar-refractivity contribution in [3.8, 4) is 6.07 Å². The van der Waals surface area contributed by atoms with Crippen LogP contribution in [-0.2, 0) is 0 Å². The van der Waals surface area contributed by atoms with Crippen LogP contribution in [0.25, 0.3) is 10.9 Å². The van der Waals surface area contributed by atoms with Gasteiger partial charge in [-0.15, -0.1) is 0 Å². The van der Waals surface area contributed by atoms with Crippen molar-refractivity contribution in [3.63, 3.8) is 0 Å². The second kappa shape index (κ2) is 4.49. The number of rotatable bonds is 3. The van der Waals surface area contributed by atoms with Crippen molar-refractivity contribution in [2.24, 2.45) is 0 Å². The summed E-state index contributed by atoms with van der Waals surface area (Å²) in [7, 11) is 0. The van der Waals surface area contributed by atoms with E-state index in [-0.39, 0.29) is 5.69 Å². The Labute approximate surface area is 102 Å². The molecule has 0 aliphatic rings. The molecule has 2 atom stereocenters. The van der Waals surface area contributed by atoms with Gasteiger partial charge in [0.05, 0.1) is 6.07 Å². The Kier molecular flexibility index (Phi) is 3.02. The molecule has 0 amide bonds.